The summed E-state index contributed by atoms with van der Waals surface area (Å²) in [6, 6.07) is 0.388. The van der Waals surface area contributed by atoms with Gasteiger partial charge in [-0.1, -0.05) is 104 Å². The van der Waals surface area contributed by atoms with Gasteiger partial charge in [-0.15, -0.1) is 0 Å². The molecule has 1 atom stereocenters. The van der Waals surface area contributed by atoms with E-state index in [1.165, 1.54) is 0 Å². The van der Waals surface area contributed by atoms with Gasteiger partial charge in [-0.25, -0.2) is 0 Å². The van der Waals surface area contributed by atoms with Crippen LogP contribution < -0.4 is 0 Å². The summed E-state index contributed by atoms with van der Waals surface area (Å²) in [5.74, 6) is -2.48. The fourth-order valence-electron chi connectivity index (χ4n) is 6.52. The van der Waals surface area contributed by atoms with Crippen LogP contribution in [0.5, 0.6) is 0 Å². The van der Waals surface area contributed by atoms with E-state index >= 15 is 0 Å². The van der Waals surface area contributed by atoms with Crippen LogP contribution in [-0.2, 0) is 47.7 Å². The Kier molecular flexibility index (Phi) is 32.5. The number of rotatable bonds is 38. The Hall–Kier alpha value is -2.73. The first-order chi connectivity index (χ1) is 27.2. The van der Waals surface area contributed by atoms with Crippen LogP contribution in [0.1, 0.15) is 181 Å². The van der Waals surface area contributed by atoms with Gasteiger partial charge in [-0.05, 0) is 44.9 Å². The van der Waals surface area contributed by atoms with Gasteiger partial charge in [0.05, 0.1) is 32.2 Å². The maximum absolute atomic E-state index is 12.9. The highest BCUT2D eigenvalue weighted by molar-refractivity contribution is 5.71. The minimum absolute atomic E-state index is 0.0308. The Bertz CT molecular complexity index is 1000. The van der Waals surface area contributed by atoms with Gasteiger partial charge in [0.1, 0.15) is 19.8 Å². The quantitative estimate of drug-likeness (QED) is 0.0362. The second-order valence-electron chi connectivity index (χ2n) is 15.6. The number of hydrogen-bond acceptors (Lipinski definition) is 12. The van der Waals surface area contributed by atoms with Gasteiger partial charge in [0, 0.05) is 50.7 Å². The van der Waals surface area contributed by atoms with Crippen LogP contribution >= 0.6 is 0 Å². The first-order valence-electron chi connectivity index (χ1n) is 22.3. The van der Waals surface area contributed by atoms with E-state index in [1.807, 2.05) is 0 Å². The summed E-state index contributed by atoms with van der Waals surface area (Å²) in [6.07, 6.45) is 20.8. The lowest BCUT2D eigenvalue weighted by atomic mass is 9.91. The fourth-order valence-corrected chi connectivity index (χ4v) is 6.52. The van der Waals surface area contributed by atoms with Crippen molar-refractivity contribution in [1.82, 2.24) is 4.90 Å². The Balaban J connectivity index is 2.65. The third-order valence-electron chi connectivity index (χ3n) is 10.4. The molecule has 0 bridgehead atoms. The molecule has 0 spiro atoms. The smallest absolute Gasteiger partial charge is 0.307 e. The van der Waals surface area contributed by atoms with Crippen LogP contribution in [0.15, 0.2) is 0 Å². The van der Waals surface area contributed by atoms with Gasteiger partial charge >= 0.3 is 29.8 Å². The Morgan fingerprint density at radius 3 is 1.20 bits per heavy atom. The number of carbonyl (C=O) groups is 5. The highest BCUT2D eigenvalue weighted by atomic mass is 16.6. The predicted molar refractivity (Wildman–Crippen MR) is 217 cm³/mol. The van der Waals surface area contributed by atoms with E-state index in [1.54, 1.807) is 0 Å². The van der Waals surface area contributed by atoms with Gasteiger partial charge in [-0.2, -0.15) is 0 Å². The first kappa shape index (κ1) is 51.3. The summed E-state index contributed by atoms with van der Waals surface area (Å²) in [5, 5.41) is 9.43. The van der Waals surface area contributed by atoms with E-state index in [2.05, 4.69) is 25.7 Å². The lowest BCUT2D eigenvalue weighted by Gasteiger charge is -2.37. The molecule has 0 heterocycles. The minimum Gasteiger partial charge on any atom is -0.465 e. The molecule has 1 aliphatic rings. The Morgan fingerprint density at radius 1 is 0.482 bits per heavy atom. The van der Waals surface area contributed by atoms with Gasteiger partial charge in [-0.3, -0.25) is 28.9 Å². The molecule has 1 rings (SSSR count). The fraction of sp³-hybridized carbons (Fsp3) is 0.886. The summed E-state index contributed by atoms with van der Waals surface area (Å²) in [4.78, 5) is 64.9. The standard InChI is InChI=1S/C44H79NO11/c1-4-7-10-13-16-24-40(47)52-32-37(33-53-41(48)25-17-14-11-8-5-2)21-19-27-43(50)55-35-38(34-54-42(49)26-18-15-12-9-6-3)36-56-44(51)28-29-45(30-31-46)39-22-20-23-39/h37-39,46H,4-36H2,1-3H3. The van der Waals surface area contributed by atoms with E-state index in [0.717, 1.165) is 116 Å². The monoisotopic (exact) mass is 798 g/mol. The summed E-state index contributed by atoms with van der Waals surface area (Å²) < 4.78 is 27.7. The largest absolute Gasteiger partial charge is 0.465 e. The summed E-state index contributed by atoms with van der Waals surface area (Å²) in [7, 11) is 0. The number of hydrogen-bond donors (Lipinski definition) is 1. The van der Waals surface area contributed by atoms with E-state index in [0.29, 0.717) is 51.2 Å². The number of esters is 5. The molecule has 326 valence electrons. The average Bonchev–Trinajstić information content (AvgIpc) is 3.16. The number of aliphatic hydroxyl groups is 1. The summed E-state index contributed by atoms with van der Waals surface area (Å²) >= 11 is 0. The van der Waals surface area contributed by atoms with Crippen molar-refractivity contribution in [2.75, 3.05) is 52.7 Å². The Morgan fingerprint density at radius 2 is 0.839 bits per heavy atom. The number of carbonyl (C=O) groups excluding carboxylic acids is 5. The molecule has 0 saturated heterocycles. The molecule has 1 unspecified atom stereocenters. The zero-order valence-corrected chi connectivity index (χ0v) is 35.5. The van der Waals surface area contributed by atoms with Crippen LogP contribution in [0.25, 0.3) is 0 Å². The van der Waals surface area contributed by atoms with Crippen molar-refractivity contribution in [3.05, 3.63) is 0 Å². The molecule has 0 aromatic carbocycles. The zero-order chi connectivity index (χ0) is 41.1. The third-order valence-corrected chi connectivity index (χ3v) is 10.4. The van der Waals surface area contributed by atoms with E-state index in [4.69, 9.17) is 23.7 Å². The summed E-state index contributed by atoms with van der Waals surface area (Å²) in [5.41, 5.74) is 0. The molecule has 0 aromatic heterocycles. The van der Waals surface area contributed by atoms with Gasteiger partial charge < -0.3 is 28.8 Å². The highest BCUT2D eigenvalue weighted by Crippen LogP contribution is 2.24. The van der Waals surface area contributed by atoms with Gasteiger partial charge in [0.15, 0.2) is 0 Å². The normalized spacial score (nSPS) is 13.3. The molecule has 0 aromatic rings. The highest BCUT2D eigenvalue weighted by Gasteiger charge is 2.25. The maximum Gasteiger partial charge on any atom is 0.307 e. The van der Waals surface area contributed by atoms with Gasteiger partial charge in [0.25, 0.3) is 0 Å². The zero-order valence-electron chi connectivity index (χ0n) is 35.5. The van der Waals surface area contributed by atoms with Crippen molar-refractivity contribution in [2.24, 2.45) is 11.8 Å². The second kappa shape index (κ2) is 35.4. The van der Waals surface area contributed by atoms with Crippen molar-refractivity contribution in [3.63, 3.8) is 0 Å². The van der Waals surface area contributed by atoms with Gasteiger partial charge in [0.2, 0.25) is 0 Å². The van der Waals surface area contributed by atoms with Crippen molar-refractivity contribution < 1.29 is 52.8 Å². The maximum atomic E-state index is 12.9. The molecule has 0 aliphatic heterocycles. The molecule has 56 heavy (non-hydrogen) atoms. The van der Waals surface area contributed by atoms with Crippen LogP contribution in [0.3, 0.4) is 0 Å². The minimum atomic E-state index is -0.525. The van der Waals surface area contributed by atoms with Crippen molar-refractivity contribution in [1.29, 1.82) is 0 Å². The van der Waals surface area contributed by atoms with Crippen molar-refractivity contribution in [2.45, 2.75) is 187 Å². The van der Waals surface area contributed by atoms with Crippen molar-refractivity contribution >= 4 is 29.8 Å². The molecule has 12 nitrogen and oxygen atoms in total. The Labute approximate surface area is 338 Å². The lowest BCUT2D eigenvalue weighted by molar-refractivity contribution is -0.155. The predicted octanol–water partition coefficient (Wildman–Crippen LogP) is 8.42. The second-order valence-corrected chi connectivity index (χ2v) is 15.6. The molecule has 0 radical (unpaired) electrons. The third kappa shape index (κ3) is 28.6. The first-order valence-corrected chi connectivity index (χ1v) is 22.3. The molecule has 12 heteroatoms. The number of unbranched alkanes of at least 4 members (excludes halogenated alkanes) is 12. The SMILES string of the molecule is CCCCCCCC(=O)OCC(CCCC(=O)OCC(COC(=O)CCCCCCC)COC(=O)CCN(CCO)C1CCC1)COC(=O)CCCCCCC. The van der Waals surface area contributed by atoms with E-state index in [9.17, 15) is 29.1 Å². The van der Waals surface area contributed by atoms with Crippen LogP contribution in [0.4, 0.5) is 0 Å². The molecule has 1 saturated carbocycles. The molecular formula is C44H79NO11. The van der Waals surface area contributed by atoms with Crippen LogP contribution in [-0.4, -0.2) is 98.6 Å². The van der Waals surface area contributed by atoms with E-state index < -0.39 is 17.9 Å². The van der Waals surface area contributed by atoms with E-state index in [-0.39, 0.29) is 76.3 Å². The molecule has 1 aliphatic carbocycles. The van der Waals surface area contributed by atoms with Crippen molar-refractivity contribution in [3.8, 4) is 0 Å². The molecule has 1 N–H and O–H groups in total. The topological polar surface area (TPSA) is 155 Å². The van der Waals surface area contributed by atoms with Crippen LogP contribution in [0, 0.1) is 11.8 Å². The molecule has 1 fully saturated rings. The number of ether oxygens (including phenoxy) is 5. The van der Waals surface area contributed by atoms with Crippen LogP contribution in [0.2, 0.25) is 0 Å². The number of nitrogens with zero attached hydrogens (tertiary/aromatic N) is 1. The molecule has 0 amide bonds. The molecular weight excluding hydrogens is 718 g/mol. The summed E-state index contributed by atoms with van der Waals surface area (Å²) in [6.45, 7) is 7.52. The average molecular weight is 798 g/mol. The number of aliphatic hydroxyl groups excluding tert-OH is 1. The lowest BCUT2D eigenvalue weighted by Crippen LogP contribution is -2.43.